The molecule has 0 saturated carbocycles. The lowest BCUT2D eigenvalue weighted by Gasteiger charge is -2.25. The Kier molecular flexibility index (Phi) is 3.81. The molecule has 1 aromatic carbocycles. The number of halogens is 1. The van der Waals surface area contributed by atoms with Crippen LogP contribution in [0, 0.1) is 5.82 Å². The third kappa shape index (κ3) is 3.29. The molecular weight excluding hydrogens is 243 g/mol. The lowest BCUT2D eigenvalue weighted by molar-refractivity contribution is 0.408. The van der Waals surface area contributed by atoms with Crippen molar-refractivity contribution in [2.24, 2.45) is 5.73 Å². The standard InChI is InChI=1S/C15H17FN2O/c1-15(17,8-11-4-3-5-13(16)6-11)12-7-14(19-2)10-18-9-12/h3-7,9-10H,8,17H2,1-2H3. The molecule has 100 valence electrons. The van der Waals surface area contributed by atoms with Crippen LogP contribution in [0.3, 0.4) is 0 Å². The lowest BCUT2D eigenvalue weighted by atomic mass is 9.87. The van der Waals surface area contributed by atoms with Gasteiger partial charge in [0, 0.05) is 11.7 Å². The van der Waals surface area contributed by atoms with Crippen molar-refractivity contribution in [3.8, 4) is 5.75 Å². The first-order chi connectivity index (χ1) is 9.01. The summed E-state index contributed by atoms with van der Waals surface area (Å²) in [4.78, 5) is 4.10. The molecule has 0 radical (unpaired) electrons. The topological polar surface area (TPSA) is 48.1 Å². The first-order valence-corrected chi connectivity index (χ1v) is 6.04. The van der Waals surface area contributed by atoms with Gasteiger partial charge in [-0.1, -0.05) is 12.1 Å². The molecule has 3 nitrogen and oxygen atoms in total. The van der Waals surface area contributed by atoms with E-state index in [9.17, 15) is 4.39 Å². The summed E-state index contributed by atoms with van der Waals surface area (Å²) in [7, 11) is 1.58. The number of hydrogen-bond acceptors (Lipinski definition) is 3. The summed E-state index contributed by atoms with van der Waals surface area (Å²) in [6, 6.07) is 8.32. The van der Waals surface area contributed by atoms with Gasteiger partial charge in [0.05, 0.1) is 13.3 Å². The molecule has 2 N–H and O–H groups in total. The van der Waals surface area contributed by atoms with Crippen molar-refractivity contribution in [1.82, 2.24) is 4.98 Å². The molecule has 2 aromatic rings. The molecule has 1 atom stereocenters. The number of pyridine rings is 1. The molecule has 1 unspecified atom stereocenters. The van der Waals surface area contributed by atoms with Crippen LogP contribution >= 0.6 is 0 Å². The van der Waals surface area contributed by atoms with Crippen LogP contribution < -0.4 is 10.5 Å². The number of benzene rings is 1. The smallest absolute Gasteiger partial charge is 0.137 e. The van der Waals surface area contributed by atoms with E-state index in [1.54, 1.807) is 25.6 Å². The minimum absolute atomic E-state index is 0.253. The number of hydrogen-bond donors (Lipinski definition) is 1. The Morgan fingerprint density at radius 2 is 2.11 bits per heavy atom. The fraction of sp³-hybridized carbons (Fsp3) is 0.267. The number of ether oxygens (including phenoxy) is 1. The zero-order chi connectivity index (χ0) is 13.9. The van der Waals surface area contributed by atoms with E-state index in [0.29, 0.717) is 12.2 Å². The van der Waals surface area contributed by atoms with E-state index < -0.39 is 5.54 Å². The second-order valence-corrected chi connectivity index (χ2v) is 4.84. The summed E-state index contributed by atoms with van der Waals surface area (Å²) in [6.45, 7) is 1.90. The average Bonchev–Trinajstić information content (AvgIpc) is 2.38. The molecule has 0 aliphatic rings. The predicted molar refractivity (Wildman–Crippen MR) is 72.4 cm³/mol. The summed E-state index contributed by atoms with van der Waals surface area (Å²) < 4.78 is 18.3. The molecule has 0 fully saturated rings. The van der Waals surface area contributed by atoms with Crippen molar-refractivity contribution in [1.29, 1.82) is 0 Å². The maximum atomic E-state index is 13.2. The van der Waals surface area contributed by atoms with Crippen LogP contribution in [0.2, 0.25) is 0 Å². The van der Waals surface area contributed by atoms with Crippen LogP contribution in [0.1, 0.15) is 18.1 Å². The fourth-order valence-corrected chi connectivity index (χ4v) is 2.02. The Morgan fingerprint density at radius 1 is 1.32 bits per heavy atom. The van der Waals surface area contributed by atoms with Gasteiger partial charge in [-0.15, -0.1) is 0 Å². The van der Waals surface area contributed by atoms with E-state index in [-0.39, 0.29) is 5.82 Å². The summed E-state index contributed by atoms with van der Waals surface area (Å²) in [5, 5.41) is 0. The molecule has 4 heteroatoms. The van der Waals surface area contributed by atoms with Crippen LogP contribution in [0.25, 0.3) is 0 Å². The zero-order valence-electron chi connectivity index (χ0n) is 11.1. The van der Waals surface area contributed by atoms with Gasteiger partial charge in [-0.3, -0.25) is 4.98 Å². The van der Waals surface area contributed by atoms with E-state index in [1.807, 2.05) is 19.1 Å². The lowest BCUT2D eigenvalue weighted by Crippen LogP contribution is -2.35. The Hall–Kier alpha value is -1.94. The van der Waals surface area contributed by atoms with Gasteiger partial charge in [0.1, 0.15) is 11.6 Å². The van der Waals surface area contributed by atoms with Gasteiger partial charge in [0.2, 0.25) is 0 Å². The third-order valence-corrected chi connectivity index (χ3v) is 3.07. The van der Waals surface area contributed by atoms with E-state index in [0.717, 1.165) is 11.1 Å². The van der Waals surface area contributed by atoms with Crippen molar-refractivity contribution >= 4 is 0 Å². The number of methoxy groups -OCH3 is 1. The van der Waals surface area contributed by atoms with Gasteiger partial charge in [0.25, 0.3) is 0 Å². The molecular formula is C15H17FN2O. The van der Waals surface area contributed by atoms with Gasteiger partial charge in [-0.05, 0) is 42.7 Å². The van der Waals surface area contributed by atoms with E-state index in [1.165, 1.54) is 12.1 Å². The average molecular weight is 260 g/mol. The van der Waals surface area contributed by atoms with Crippen molar-refractivity contribution in [3.05, 3.63) is 59.7 Å². The predicted octanol–water partition coefficient (Wildman–Crippen LogP) is 2.65. The van der Waals surface area contributed by atoms with Crippen molar-refractivity contribution in [3.63, 3.8) is 0 Å². The number of aromatic nitrogens is 1. The summed E-state index contributed by atoms with van der Waals surface area (Å²) >= 11 is 0. The van der Waals surface area contributed by atoms with E-state index in [2.05, 4.69) is 4.98 Å². The number of nitrogens with zero attached hydrogens (tertiary/aromatic N) is 1. The van der Waals surface area contributed by atoms with Crippen LogP contribution in [0.4, 0.5) is 4.39 Å². The van der Waals surface area contributed by atoms with Crippen molar-refractivity contribution in [2.45, 2.75) is 18.9 Å². The maximum absolute atomic E-state index is 13.2. The molecule has 2 rings (SSSR count). The number of nitrogens with two attached hydrogens (primary N) is 1. The van der Waals surface area contributed by atoms with Gasteiger partial charge >= 0.3 is 0 Å². The Balaban J connectivity index is 2.26. The van der Waals surface area contributed by atoms with Gasteiger partial charge in [-0.25, -0.2) is 4.39 Å². The number of rotatable bonds is 4. The van der Waals surface area contributed by atoms with Crippen molar-refractivity contribution in [2.75, 3.05) is 7.11 Å². The summed E-state index contributed by atoms with van der Waals surface area (Å²) in [5.74, 6) is 0.408. The summed E-state index contributed by atoms with van der Waals surface area (Å²) in [5.41, 5.74) is 7.41. The zero-order valence-corrected chi connectivity index (χ0v) is 11.1. The molecule has 0 aliphatic carbocycles. The van der Waals surface area contributed by atoms with Crippen LogP contribution in [0.15, 0.2) is 42.7 Å². The highest BCUT2D eigenvalue weighted by molar-refractivity contribution is 5.31. The first-order valence-electron chi connectivity index (χ1n) is 6.04. The highest BCUT2D eigenvalue weighted by Gasteiger charge is 2.22. The van der Waals surface area contributed by atoms with E-state index >= 15 is 0 Å². The van der Waals surface area contributed by atoms with E-state index in [4.69, 9.17) is 10.5 Å². The second-order valence-electron chi connectivity index (χ2n) is 4.84. The minimum atomic E-state index is -0.630. The minimum Gasteiger partial charge on any atom is -0.495 e. The van der Waals surface area contributed by atoms with Gasteiger partial charge in [0.15, 0.2) is 0 Å². The van der Waals surface area contributed by atoms with Crippen molar-refractivity contribution < 1.29 is 9.13 Å². The second kappa shape index (κ2) is 5.36. The summed E-state index contributed by atoms with van der Waals surface area (Å²) in [6.07, 6.45) is 3.86. The van der Waals surface area contributed by atoms with Crippen LogP contribution in [-0.4, -0.2) is 12.1 Å². The SMILES string of the molecule is COc1cncc(C(C)(N)Cc2cccc(F)c2)c1. The van der Waals surface area contributed by atoms with Crippen LogP contribution in [-0.2, 0) is 12.0 Å². The fourth-order valence-electron chi connectivity index (χ4n) is 2.02. The first kappa shape index (κ1) is 13.5. The maximum Gasteiger partial charge on any atom is 0.137 e. The molecule has 0 saturated heterocycles. The molecule has 0 aliphatic heterocycles. The van der Waals surface area contributed by atoms with Crippen LogP contribution in [0.5, 0.6) is 5.75 Å². The molecule has 0 bridgehead atoms. The molecule has 0 spiro atoms. The Morgan fingerprint density at radius 3 is 2.79 bits per heavy atom. The highest BCUT2D eigenvalue weighted by atomic mass is 19.1. The Labute approximate surface area is 112 Å². The normalized spacial score (nSPS) is 13.9. The largest absolute Gasteiger partial charge is 0.495 e. The molecule has 1 aromatic heterocycles. The monoisotopic (exact) mass is 260 g/mol. The third-order valence-electron chi connectivity index (χ3n) is 3.07. The van der Waals surface area contributed by atoms with Gasteiger partial charge in [-0.2, -0.15) is 0 Å². The molecule has 0 amide bonds. The molecule has 19 heavy (non-hydrogen) atoms. The van der Waals surface area contributed by atoms with Gasteiger partial charge < -0.3 is 10.5 Å². The quantitative estimate of drug-likeness (QED) is 0.919. The Bertz CT molecular complexity index is 570. The highest BCUT2D eigenvalue weighted by Crippen LogP contribution is 2.25. The molecule has 1 heterocycles.